The molecule has 0 spiro atoms. The number of rotatable bonds is 6. The lowest BCUT2D eigenvalue weighted by Crippen LogP contribution is -2.19. The molecular weight excluding hydrogens is 382 g/mol. The lowest BCUT2D eigenvalue weighted by Gasteiger charge is -2.11. The first-order chi connectivity index (χ1) is 13.3. The van der Waals surface area contributed by atoms with Gasteiger partial charge in [0.1, 0.15) is 29.0 Å². The zero-order valence-electron chi connectivity index (χ0n) is 14.4. The van der Waals surface area contributed by atoms with E-state index in [9.17, 15) is 22.4 Å². The second-order valence-electron chi connectivity index (χ2n) is 5.76. The molecule has 0 bridgehead atoms. The fraction of sp³-hybridized carbons (Fsp3) is 0.235. The molecule has 0 aliphatic rings. The molecule has 1 amide bonds. The van der Waals surface area contributed by atoms with E-state index in [1.165, 1.54) is 12.5 Å². The number of halogens is 4. The van der Waals surface area contributed by atoms with Crippen molar-refractivity contribution in [2.45, 2.75) is 26.2 Å². The van der Waals surface area contributed by atoms with Gasteiger partial charge in [0.25, 0.3) is 18.8 Å². The predicted molar refractivity (Wildman–Crippen MR) is 87.7 cm³/mol. The third-order valence-electron chi connectivity index (χ3n) is 3.75. The Morgan fingerprint density at radius 2 is 1.75 bits per heavy atom. The van der Waals surface area contributed by atoms with E-state index in [0.717, 1.165) is 12.1 Å². The summed E-state index contributed by atoms with van der Waals surface area (Å²) < 4.78 is 57.2. The van der Waals surface area contributed by atoms with E-state index in [0.29, 0.717) is 5.69 Å². The summed E-state index contributed by atoms with van der Waals surface area (Å²) in [5.41, 5.74) is 4.09. The van der Waals surface area contributed by atoms with Crippen molar-refractivity contribution in [3.63, 3.8) is 0 Å². The highest BCUT2D eigenvalue weighted by Crippen LogP contribution is 2.26. The summed E-state index contributed by atoms with van der Waals surface area (Å²) in [6.45, 7) is 1.55. The van der Waals surface area contributed by atoms with Crippen LogP contribution in [0.1, 0.15) is 51.7 Å². The molecular formula is C17H13F4N5O2. The first-order valence-corrected chi connectivity index (χ1v) is 7.90. The minimum atomic E-state index is -3.04. The van der Waals surface area contributed by atoms with Crippen LogP contribution >= 0.6 is 0 Å². The maximum atomic E-state index is 13.0. The summed E-state index contributed by atoms with van der Waals surface area (Å²) in [6.07, 6.45) is -3.64. The van der Waals surface area contributed by atoms with E-state index in [-0.39, 0.29) is 35.0 Å². The van der Waals surface area contributed by atoms with Gasteiger partial charge in [-0.2, -0.15) is 0 Å². The number of aromatic nitrogens is 4. The van der Waals surface area contributed by atoms with E-state index in [2.05, 4.69) is 19.9 Å². The molecule has 3 rings (SSSR count). The van der Waals surface area contributed by atoms with Crippen LogP contribution < -0.4 is 5.73 Å². The first kappa shape index (κ1) is 19.4. The van der Waals surface area contributed by atoms with Gasteiger partial charge in [-0.15, -0.1) is 0 Å². The Kier molecular flexibility index (Phi) is 5.34. The molecule has 146 valence electrons. The lowest BCUT2D eigenvalue weighted by molar-refractivity contribution is 0.0993. The van der Waals surface area contributed by atoms with Gasteiger partial charge in [0, 0.05) is 6.42 Å². The normalized spacial score (nSPS) is 11.4. The third-order valence-corrected chi connectivity index (χ3v) is 3.75. The number of hydrogen-bond donors (Lipinski definition) is 1. The summed E-state index contributed by atoms with van der Waals surface area (Å²) in [6, 6.07) is 1.93. The number of nitrogens with zero attached hydrogens (tertiary/aromatic N) is 4. The van der Waals surface area contributed by atoms with Crippen LogP contribution in [-0.2, 0) is 6.42 Å². The van der Waals surface area contributed by atoms with Gasteiger partial charge in [-0.05, 0) is 24.6 Å². The van der Waals surface area contributed by atoms with E-state index in [4.69, 9.17) is 10.2 Å². The van der Waals surface area contributed by atoms with Crippen LogP contribution in [-0.4, -0.2) is 25.8 Å². The third kappa shape index (κ3) is 3.97. The highest BCUT2D eigenvalue weighted by Gasteiger charge is 2.21. The van der Waals surface area contributed by atoms with Gasteiger partial charge in [0.2, 0.25) is 5.89 Å². The second kappa shape index (κ2) is 7.71. The number of alkyl halides is 4. The SMILES string of the molecule is Cc1nc(C(N)=O)c(Cc2cc(C(F)F)nc(C(F)F)c2)nc1-c1ncco1. The topological polar surface area (TPSA) is 108 Å². The number of hydrogen-bond acceptors (Lipinski definition) is 6. The second-order valence-corrected chi connectivity index (χ2v) is 5.76. The van der Waals surface area contributed by atoms with E-state index in [1.807, 2.05) is 0 Å². The highest BCUT2D eigenvalue weighted by molar-refractivity contribution is 5.92. The Hall–Kier alpha value is -3.37. The van der Waals surface area contributed by atoms with Crippen LogP contribution in [0.2, 0.25) is 0 Å². The zero-order valence-corrected chi connectivity index (χ0v) is 14.4. The van der Waals surface area contributed by atoms with Gasteiger partial charge in [-0.1, -0.05) is 0 Å². The molecule has 3 heterocycles. The van der Waals surface area contributed by atoms with Crippen LogP contribution in [0, 0.1) is 6.92 Å². The van der Waals surface area contributed by atoms with Crippen LogP contribution in [0.4, 0.5) is 17.6 Å². The summed E-state index contributed by atoms with van der Waals surface area (Å²) in [4.78, 5) is 27.3. The summed E-state index contributed by atoms with van der Waals surface area (Å²) in [5.74, 6) is -0.777. The Morgan fingerprint density at radius 3 is 2.25 bits per heavy atom. The van der Waals surface area contributed by atoms with Crippen molar-refractivity contribution in [2.24, 2.45) is 5.73 Å². The van der Waals surface area contributed by atoms with E-state index >= 15 is 0 Å². The molecule has 3 aromatic rings. The number of carbonyl (C=O) groups excluding carboxylic acids is 1. The fourth-order valence-corrected chi connectivity index (χ4v) is 2.57. The van der Waals surface area contributed by atoms with Crippen molar-refractivity contribution in [3.05, 3.63) is 58.6 Å². The molecule has 11 heteroatoms. The van der Waals surface area contributed by atoms with Gasteiger partial charge in [-0.25, -0.2) is 37.5 Å². The van der Waals surface area contributed by atoms with Crippen LogP contribution in [0.15, 0.2) is 29.0 Å². The molecule has 2 N–H and O–H groups in total. The molecule has 28 heavy (non-hydrogen) atoms. The number of amides is 1. The maximum Gasteiger partial charge on any atom is 0.280 e. The number of carbonyl (C=O) groups is 1. The smallest absolute Gasteiger partial charge is 0.280 e. The number of aryl methyl sites for hydroxylation is 1. The number of nitrogens with two attached hydrogens (primary N) is 1. The summed E-state index contributed by atoms with van der Waals surface area (Å²) in [5, 5.41) is 0. The van der Waals surface area contributed by atoms with Gasteiger partial charge >= 0.3 is 0 Å². The van der Waals surface area contributed by atoms with Gasteiger partial charge < -0.3 is 10.2 Å². The molecule has 0 saturated carbocycles. The van der Waals surface area contributed by atoms with Crippen molar-refractivity contribution >= 4 is 5.91 Å². The number of oxazole rings is 1. The molecule has 0 aromatic carbocycles. The van der Waals surface area contributed by atoms with Crippen LogP contribution in [0.5, 0.6) is 0 Å². The molecule has 0 saturated heterocycles. The fourth-order valence-electron chi connectivity index (χ4n) is 2.57. The van der Waals surface area contributed by atoms with Crippen molar-refractivity contribution in [1.82, 2.24) is 19.9 Å². The van der Waals surface area contributed by atoms with Crippen molar-refractivity contribution in [3.8, 4) is 11.6 Å². The molecule has 0 fully saturated rings. The van der Waals surface area contributed by atoms with Crippen molar-refractivity contribution in [1.29, 1.82) is 0 Å². The Balaban J connectivity index is 2.11. The van der Waals surface area contributed by atoms with Crippen LogP contribution in [0.3, 0.4) is 0 Å². The van der Waals surface area contributed by atoms with E-state index in [1.54, 1.807) is 6.92 Å². The average Bonchev–Trinajstić information content (AvgIpc) is 3.16. The first-order valence-electron chi connectivity index (χ1n) is 7.90. The average molecular weight is 395 g/mol. The quantitative estimate of drug-likeness (QED) is 0.641. The molecule has 0 aliphatic carbocycles. The molecule has 7 nitrogen and oxygen atoms in total. The molecule has 0 atom stereocenters. The molecule has 0 radical (unpaired) electrons. The summed E-state index contributed by atoms with van der Waals surface area (Å²) in [7, 11) is 0. The number of pyridine rings is 1. The minimum Gasteiger partial charge on any atom is -0.443 e. The van der Waals surface area contributed by atoms with Gasteiger partial charge in [0.15, 0.2) is 0 Å². The minimum absolute atomic E-state index is 0.0120. The van der Waals surface area contributed by atoms with Crippen molar-refractivity contribution in [2.75, 3.05) is 0 Å². The lowest BCUT2D eigenvalue weighted by atomic mass is 10.1. The maximum absolute atomic E-state index is 13.0. The molecule has 0 aliphatic heterocycles. The van der Waals surface area contributed by atoms with E-state index < -0.39 is 30.1 Å². The van der Waals surface area contributed by atoms with Crippen molar-refractivity contribution < 1.29 is 26.8 Å². The van der Waals surface area contributed by atoms with Crippen LogP contribution in [0.25, 0.3) is 11.6 Å². The zero-order chi connectivity index (χ0) is 20.4. The molecule has 0 unspecified atom stereocenters. The van der Waals surface area contributed by atoms with Gasteiger partial charge in [0.05, 0.1) is 17.6 Å². The largest absolute Gasteiger partial charge is 0.443 e. The highest BCUT2D eigenvalue weighted by atomic mass is 19.3. The predicted octanol–water partition coefficient (Wildman–Crippen LogP) is 3.40. The summed E-state index contributed by atoms with van der Waals surface area (Å²) >= 11 is 0. The molecule has 3 aromatic heterocycles. The standard InChI is InChI=1S/C17H13F4N5O2/c1-7-12(17-23-2-3-28-17)26-9(13(24-7)16(22)27)4-8-5-10(14(18)19)25-11(6-8)15(20)21/h2-3,5-6,14-15H,4H2,1H3,(H2,22,27). The Bertz CT molecular complexity index is 983. The van der Waals surface area contributed by atoms with Gasteiger partial charge in [-0.3, -0.25) is 4.79 Å². The Labute approximate surface area is 155 Å². The Morgan fingerprint density at radius 1 is 1.11 bits per heavy atom. The number of primary amides is 1. The monoisotopic (exact) mass is 395 g/mol.